The number of hydrogen-bond donors (Lipinski definition) is 0. The second kappa shape index (κ2) is 3.60. The summed E-state index contributed by atoms with van der Waals surface area (Å²) in [5.74, 6) is 0. The number of hydrogen-bond acceptors (Lipinski definition) is 1. The summed E-state index contributed by atoms with van der Waals surface area (Å²) in [5.41, 5.74) is 1.34. The summed E-state index contributed by atoms with van der Waals surface area (Å²) in [6.45, 7) is 2.15. The minimum atomic E-state index is 0.857. The number of halogens is 2. The van der Waals surface area contributed by atoms with Gasteiger partial charge in [-0.3, -0.25) is 0 Å². The van der Waals surface area contributed by atoms with Crippen molar-refractivity contribution in [1.29, 1.82) is 0 Å². The Balaban J connectivity index is 2.72. The lowest BCUT2D eigenvalue weighted by atomic mass is 10.1. The fourth-order valence-electron chi connectivity index (χ4n) is 1.34. The highest BCUT2D eigenvalue weighted by atomic mass is 79.9. The van der Waals surface area contributed by atoms with Crippen molar-refractivity contribution >= 4 is 49.0 Å². The molecule has 0 aliphatic rings. The number of benzene rings is 1. The first-order chi connectivity index (χ1) is 6.20. The molecule has 0 saturated carbocycles. The molecule has 2 aromatic rings. The minimum Gasteiger partial charge on any atom is -0.123 e. The number of rotatable bonds is 1. The molecule has 1 heterocycles. The topological polar surface area (TPSA) is 0 Å². The standard InChI is InChI=1S/C10H8BrClS/c1-2-6-4-9-7(3-8(6)11)5-10(12)13-9/h3-5H,2H2,1H3. The maximum atomic E-state index is 5.93. The highest BCUT2D eigenvalue weighted by Gasteiger charge is 2.04. The fourth-order valence-corrected chi connectivity index (χ4v) is 3.18. The van der Waals surface area contributed by atoms with E-state index in [-0.39, 0.29) is 0 Å². The molecule has 0 fully saturated rings. The van der Waals surface area contributed by atoms with Crippen molar-refractivity contribution in [2.45, 2.75) is 13.3 Å². The molecular weight excluding hydrogens is 268 g/mol. The summed E-state index contributed by atoms with van der Waals surface area (Å²) in [6, 6.07) is 6.35. The molecule has 0 aliphatic heterocycles. The Morgan fingerprint density at radius 1 is 1.38 bits per heavy atom. The predicted molar refractivity (Wildman–Crippen MR) is 63.9 cm³/mol. The lowest BCUT2D eigenvalue weighted by molar-refractivity contribution is 1.13. The molecular formula is C10H8BrClS. The third-order valence-corrected chi connectivity index (χ3v) is 4.00. The van der Waals surface area contributed by atoms with Crippen LogP contribution in [0.15, 0.2) is 22.7 Å². The van der Waals surface area contributed by atoms with Crippen molar-refractivity contribution in [3.05, 3.63) is 32.6 Å². The zero-order valence-corrected chi connectivity index (χ0v) is 10.3. The third kappa shape index (κ3) is 1.76. The third-order valence-electron chi connectivity index (χ3n) is 2.04. The van der Waals surface area contributed by atoms with E-state index in [0.29, 0.717) is 0 Å². The van der Waals surface area contributed by atoms with Gasteiger partial charge in [-0.25, -0.2) is 0 Å². The largest absolute Gasteiger partial charge is 0.123 e. The molecule has 68 valence electrons. The minimum absolute atomic E-state index is 0.857. The SMILES string of the molecule is CCc1cc2sc(Cl)cc2cc1Br. The van der Waals surface area contributed by atoms with Gasteiger partial charge in [0.1, 0.15) is 0 Å². The average molecular weight is 276 g/mol. The van der Waals surface area contributed by atoms with Gasteiger partial charge in [0.25, 0.3) is 0 Å². The maximum Gasteiger partial charge on any atom is 0.0940 e. The molecule has 1 aromatic carbocycles. The predicted octanol–water partition coefficient (Wildman–Crippen LogP) is 4.88. The lowest BCUT2D eigenvalue weighted by Crippen LogP contribution is -1.80. The zero-order chi connectivity index (χ0) is 9.42. The normalized spacial score (nSPS) is 11.0. The van der Waals surface area contributed by atoms with Crippen LogP contribution < -0.4 is 0 Å². The molecule has 0 nitrogen and oxygen atoms in total. The Kier molecular flexibility index (Phi) is 2.63. The summed E-state index contributed by atoms with van der Waals surface area (Å²) in [7, 11) is 0. The van der Waals surface area contributed by atoms with Gasteiger partial charge in [0.05, 0.1) is 4.34 Å². The molecule has 0 bridgehead atoms. The van der Waals surface area contributed by atoms with Gasteiger partial charge in [0.2, 0.25) is 0 Å². The lowest BCUT2D eigenvalue weighted by Gasteiger charge is -2.00. The summed E-state index contributed by atoms with van der Waals surface area (Å²) in [4.78, 5) is 0. The van der Waals surface area contributed by atoms with Crippen molar-refractivity contribution < 1.29 is 0 Å². The van der Waals surface area contributed by atoms with Gasteiger partial charge in [0.15, 0.2) is 0 Å². The number of fused-ring (bicyclic) bond motifs is 1. The van der Waals surface area contributed by atoms with Crippen LogP contribution in [0.5, 0.6) is 0 Å². The molecule has 0 amide bonds. The van der Waals surface area contributed by atoms with Gasteiger partial charge in [-0.15, -0.1) is 11.3 Å². The fraction of sp³-hybridized carbons (Fsp3) is 0.200. The Hall–Kier alpha value is -0.0500. The van der Waals surface area contributed by atoms with E-state index in [0.717, 1.165) is 10.8 Å². The van der Waals surface area contributed by atoms with E-state index >= 15 is 0 Å². The Morgan fingerprint density at radius 2 is 2.15 bits per heavy atom. The molecule has 0 atom stereocenters. The van der Waals surface area contributed by atoms with Crippen LogP contribution >= 0.6 is 38.9 Å². The first-order valence-electron chi connectivity index (χ1n) is 4.08. The first kappa shape index (κ1) is 9.50. The summed E-state index contributed by atoms with van der Waals surface area (Å²) in [6.07, 6.45) is 1.05. The van der Waals surface area contributed by atoms with E-state index < -0.39 is 0 Å². The molecule has 0 aliphatic carbocycles. The number of aryl methyl sites for hydroxylation is 1. The summed E-state index contributed by atoms with van der Waals surface area (Å²) < 4.78 is 3.30. The van der Waals surface area contributed by atoms with Gasteiger partial charge in [-0.05, 0) is 35.6 Å². The quantitative estimate of drug-likeness (QED) is 0.696. The van der Waals surface area contributed by atoms with Crippen LogP contribution in [0.3, 0.4) is 0 Å². The van der Waals surface area contributed by atoms with Crippen molar-refractivity contribution in [1.82, 2.24) is 0 Å². The van der Waals surface area contributed by atoms with Crippen LogP contribution in [0.2, 0.25) is 4.34 Å². The van der Waals surface area contributed by atoms with Gasteiger partial charge in [-0.1, -0.05) is 34.5 Å². The van der Waals surface area contributed by atoms with Crippen LogP contribution in [0.4, 0.5) is 0 Å². The van der Waals surface area contributed by atoms with Crippen LogP contribution in [0.1, 0.15) is 12.5 Å². The monoisotopic (exact) mass is 274 g/mol. The second-order valence-electron chi connectivity index (χ2n) is 2.89. The Bertz CT molecular complexity index is 447. The molecule has 3 heteroatoms. The molecule has 0 spiro atoms. The van der Waals surface area contributed by atoms with Crippen molar-refractivity contribution in [2.24, 2.45) is 0 Å². The van der Waals surface area contributed by atoms with Crippen molar-refractivity contribution in [3.63, 3.8) is 0 Å². The summed E-state index contributed by atoms with van der Waals surface area (Å²) >= 11 is 11.1. The zero-order valence-electron chi connectivity index (χ0n) is 7.10. The molecule has 0 radical (unpaired) electrons. The molecule has 0 unspecified atom stereocenters. The molecule has 1 aromatic heterocycles. The maximum absolute atomic E-state index is 5.93. The van der Waals surface area contributed by atoms with Crippen LogP contribution in [0, 0.1) is 0 Å². The molecule has 13 heavy (non-hydrogen) atoms. The molecule has 2 rings (SSSR count). The highest BCUT2D eigenvalue weighted by Crippen LogP contribution is 2.33. The smallest absolute Gasteiger partial charge is 0.0940 e. The van der Waals surface area contributed by atoms with Crippen molar-refractivity contribution in [2.75, 3.05) is 0 Å². The van der Waals surface area contributed by atoms with Crippen LogP contribution in [-0.4, -0.2) is 0 Å². The Morgan fingerprint density at radius 3 is 2.85 bits per heavy atom. The van der Waals surface area contributed by atoms with E-state index in [1.54, 1.807) is 11.3 Å². The van der Waals surface area contributed by atoms with E-state index in [1.807, 2.05) is 6.07 Å². The summed E-state index contributed by atoms with van der Waals surface area (Å²) in [5, 5.41) is 1.22. The first-order valence-corrected chi connectivity index (χ1v) is 6.07. The van der Waals surface area contributed by atoms with Crippen molar-refractivity contribution in [3.8, 4) is 0 Å². The van der Waals surface area contributed by atoms with Crippen LogP contribution in [-0.2, 0) is 6.42 Å². The van der Waals surface area contributed by atoms with Crippen LogP contribution in [0.25, 0.3) is 10.1 Å². The van der Waals surface area contributed by atoms with Gasteiger partial charge < -0.3 is 0 Å². The van der Waals surface area contributed by atoms with Gasteiger partial charge >= 0.3 is 0 Å². The van der Waals surface area contributed by atoms with E-state index in [4.69, 9.17) is 11.6 Å². The Labute approximate surface area is 94.7 Å². The van der Waals surface area contributed by atoms with E-state index in [9.17, 15) is 0 Å². The number of thiophene rings is 1. The average Bonchev–Trinajstić information content (AvgIpc) is 2.42. The van der Waals surface area contributed by atoms with E-state index in [1.165, 1.54) is 20.1 Å². The van der Waals surface area contributed by atoms with Gasteiger partial charge in [-0.2, -0.15) is 0 Å². The van der Waals surface area contributed by atoms with Gasteiger partial charge in [0, 0.05) is 9.17 Å². The molecule has 0 N–H and O–H groups in total. The van der Waals surface area contributed by atoms with E-state index in [2.05, 4.69) is 35.0 Å². The molecule has 0 saturated heterocycles. The second-order valence-corrected chi connectivity index (χ2v) is 5.45. The highest BCUT2D eigenvalue weighted by molar-refractivity contribution is 9.10.